The van der Waals surface area contributed by atoms with Gasteiger partial charge in [0.25, 0.3) is 5.69 Å². The first-order valence-electron chi connectivity index (χ1n) is 10.3. The number of esters is 2. The van der Waals surface area contributed by atoms with Gasteiger partial charge >= 0.3 is 11.9 Å². The molecule has 172 valence electrons. The average Bonchev–Trinajstić information content (AvgIpc) is 2.78. The Hall–Kier alpha value is -3.07. The second kappa shape index (κ2) is 12.7. The normalized spacial score (nSPS) is 11.5. The minimum Gasteiger partial charge on any atom is -0.497 e. The van der Waals surface area contributed by atoms with E-state index in [0.717, 1.165) is 23.1 Å². The number of methoxy groups -OCH3 is 1. The minimum atomic E-state index is -0.656. The summed E-state index contributed by atoms with van der Waals surface area (Å²) in [4.78, 5) is 35.8. The summed E-state index contributed by atoms with van der Waals surface area (Å²) in [7, 11) is 1.60. The summed E-state index contributed by atoms with van der Waals surface area (Å²) in [5.41, 5.74) is 1.08. The molecule has 0 heterocycles. The standard InChI is InChI=1S/C23H27NO7S/c1-4-30-22(25)17-12-13-19(24(27)28)21(15-17)32-20(23(26)31-5-2)11-7-9-16-8-6-10-18(14-16)29-3/h6,8,10,12-15,20H,4-5,7,9,11H2,1-3H3/t20-/m0/s1. The number of thioether (sulfide) groups is 1. The lowest BCUT2D eigenvalue weighted by molar-refractivity contribution is -0.387. The van der Waals surface area contributed by atoms with Crippen LogP contribution in [0.5, 0.6) is 5.75 Å². The lowest BCUT2D eigenvalue weighted by atomic mass is 10.1. The van der Waals surface area contributed by atoms with Crippen molar-refractivity contribution in [1.29, 1.82) is 0 Å². The van der Waals surface area contributed by atoms with E-state index in [1.807, 2.05) is 24.3 Å². The van der Waals surface area contributed by atoms with Crippen LogP contribution in [0.15, 0.2) is 47.4 Å². The lowest BCUT2D eigenvalue weighted by Gasteiger charge is -2.16. The van der Waals surface area contributed by atoms with Gasteiger partial charge in [0.05, 0.1) is 35.7 Å². The van der Waals surface area contributed by atoms with Crippen molar-refractivity contribution in [3.05, 3.63) is 63.7 Å². The molecule has 1 atom stereocenters. The molecule has 0 aromatic heterocycles. The molecule has 0 amide bonds. The maximum Gasteiger partial charge on any atom is 0.338 e. The van der Waals surface area contributed by atoms with E-state index in [0.29, 0.717) is 19.3 Å². The molecular weight excluding hydrogens is 434 g/mol. The van der Waals surface area contributed by atoms with Crippen LogP contribution in [-0.4, -0.2) is 42.4 Å². The van der Waals surface area contributed by atoms with Gasteiger partial charge in [0.1, 0.15) is 11.0 Å². The topological polar surface area (TPSA) is 105 Å². The van der Waals surface area contributed by atoms with E-state index in [-0.39, 0.29) is 29.4 Å². The zero-order chi connectivity index (χ0) is 23.5. The van der Waals surface area contributed by atoms with Gasteiger partial charge in [-0.05, 0) is 62.9 Å². The van der Waals surface area contributed by atoms with Crippen LogP contribution in [0, 0.1) is 10.1 Å². The molecule has 8 nitrogen and oxygen atoms in total. The van der Waals surface area contributed by atoms with Crippen LogP contribution in [-0.2, 0) is 20.7 Å². The maximum absolute atomic E-state index is 12.6. The molecule has 0 unspecified atom stereocenters. The second-order valence-corrected chi connectivity index (χ2v) is 8.01. The van der Waals surface area contributed by atoms with Crippen LogP contribution >= 0.6 is 11.8 Å². The molecule has 0 N–H and O–H groups in total. The number of nitro groups is 1. The van der Waals surface area contributed by atoms with E-state index in [2.05, 4.69) is 0 Å². The van der Waals surface area contributed by atoms with E-state index in [1.165, 1.54) is 18.2 Å². The largest absolute Gasteiger partial charge is 0.497 e. The molecule has 0 saturated heterocycles. The van der Waals surface area contributed by atoms with Crippen LogP contribution in [0.1, 0.15) is 42.6 Å². The maximum atomic E-state index is 12.6. The van der Waals surface area contributed by atoms with E-state index in [1.54, 1.807) is 21.0 Å². The molecule has 0 aliphatic carbocycles. The molecule has 2 aromatic carbocycles. The fourth-order valence-corrected chi connectivity index (χ4v) is 4.25. The van der Waals surface area contributed by atoms with Gasteiger partial charge < -0.3 is 14.2 Å². The highest BCUT2D eigenvalue weighted by atomic mass is 32.2. The minimum absolute atomic E-state index is 0.176. The molecule has 0 radical (unpaired) electrons. The van der Waals surface area contributed by atoms with Crippen molar-refractivity contribution in [3.63, 3.8) is 0 Å². The first-order chi connectivity index (χ1) is 15.4. The quantitative estimate of drug-likeness (QED) is 0.192. The fraction of sp³-hybridized carbons (Fsp3) is 0.391. The number of benzene rings is 2. The van der Waals surface area contributed by atoms with Crippen molar-refractivity contribution in [2.45, 2.75) is 43.3 Å². The van der Waals surface area contributed by atoms with Gasteiger partial charge in [0.2, 0.25) is 0 Å². The molecule has 2 aromatic rings. The molecule has 0 spiro atoms. The highest BCUT2D eigenvalue weighted by Crippen LogP contribution is 2.35. The van der Waals surface area contributed by atoms with Crippen LogP contribution in [0.2, 0.25) is 0 Å². The summed E-state index contributed by atoms with van der Waals surface area (Å²) in [6.07, 6.45) is 1.81. The highest BCUT2D eigenvalue weighted by molar-refractivity contribution is 8.00. The molecular formula is C23H27NO7S. The zero-order valence-electron chi connectivity index (χ0n) is 18.4. The van der Waals surface area contributed by atoms with Crippen molar-refractivity contribution in [3.8, 4) is 5.75 Å². The van der Waals surface area contributed by atoms with Crippen LogP contribution in [0.3, 0.4) is 0 Å². The number of carbonyl (C=O) groups excluding carboxylic acids is 2. The SMILES string of the molecule is CCOC(=O)c1ccc([N+](=O)[O-])c(S[C@@H](CCCc2cccc(OC)c2)C(=O)OCC)c1. The Labute approximate surface area is 191 Å². The van der Waals surface area contributed by atoms with Crippen molar-refractivity contribution in [2.75, 3.05) is 20.3 Å². The molecule has 9 heteroatoms. The lowest BCUT2D eigenvalue weighted by Crippen LogP contribution is -2.21. The molecule has 0 aliphatic rings. The number of ether oxygens (including phenoxy) is 3. The first-order valence-corrected chi connectivity index (χ1v) is 11.2. The summed E-state index contributed by atoms with van der Waals surface area (Å²) in [6.45, 7) is 3.78. The number of nitrogens with zero attached hydrogens (tertiary/aromatic N) is 1. The van der Waals surface area contributed by atoms with Crippen molar-refractivity contribution < 1.29 is 28.7 Å². The fourth-order valence-electron chi connectivity index (χ4n) is 3.03. The third-order valence-electron chi connectivity index (χ3n) is 4.55. The number of nitro benzene ring substituents is 1. The van der Waals surface area contributed by atoms with Crippen LogP contribution < -0.4 is 4.74 Å². The van der Waals surface area contributed by atoms with Crippen LogP contribution in [0.4, 0.5) is 5.69 Å². The van der Waals surface area contributed by atoms with Gasteiger partial charge in [-0.1, -0.05) is 12.1 Å². The van der Waals surface area contributed by atoms with Crippen molar-refractivity contribution in [2.24, 2.45) is 0 Å². The Kier molecular flexibility index (Phi) is 10.0. The third kappa shape index (κ3) is 7.26. The summed E-state index contributed by atoms with van der Waals surface area (Å²) in [6, 6.07) is 11.7. The monoisotopic (exact) mass is 461 g/mol. The van der Waals surface area contributed by atoms with E-state index < -0.39 is 22.1 Å². The third-order valence-corrected chi connectivity index (χ3v) is 5.85. The molecule has 0 aliphatic heterocycles. The van der Waals surface area contributed by atoms with Gasteiger partial charge in [0.15, 0.2) is 0 Å². The molecule has 32 heavy (non-hydrogen) atoms. The highest BCUT2D eigenvalue weighted by Gasteiger charge is 2.26. The van der Waals surface area contributed by atoms with E-state index in [4.69, 9.17) is 14.2 Å². The van der Waals surface area contributed by atoms with Gasteiger partial charge in [-0.25, -0.2) is 4.79 Å². The number of hydrogen-bond acceptors (Lipinski definition) is 8. The zero-order valence-corrected chi connectivity index (χ0v) is 19.2. The first kappa shape index (κ1) is 25.2. The molecule has 0 fully saturated rings. The summed E-state index contributed by atoms with van der Waals surface area (Å²) >= 11 is 1.04. The number of aryl methyl sites for hydroxylation is 1. The van der Waals surface area contributed by atoms with Crippen molar-refractivity contribution >= 4 is 29.4 Å². The van der Waals surface area contributed by atoms with Gasteiger partial charge in [-0.2, -0.15) is 0 Å². The summed E-state index contributed by atoms with van der Waals surface area (Å²) in [5.74, 6) is -0.265. The van der Waals surface area contributed by atoms with Crippen molar-refractivity contribution in [1.82, 2.24) is 0 Å². The van der Waals surface area contributed by atoms with Gasteiger partial charge in [-0.3, -0.25) is 14.9 Å². The molecule has 0 bridgehead atoms. The average molecular weight is 462 g/mol. The Morgan fingerprint density at radius 3 is 2.50 bits per heavy atom. The Balaban J connectivity index is 2.21. The van der Waals surface area contributed by atoms with Gasteiger partial charge in [-0.15, -0.1) is 11.8 Å². The second-order valence-electron chi connectivity index (χ2n) is 6.76. The summed E-state index contributed by atoms with van der Waals surface area (Å²) in [5, 5.41) is 10.9. The molecule has 2 rings (SSSR count). The molecule has 0 saturated carbocycles. The Morgan fingerprint density at radius 2 is 1.84 bits per heavy atom. The number of rotatable bonds is 12. The number of carbonyl (C=O) groups is 2. The van der Waals surface area contributed by atoms with E-state index >= 15 is 0 Å². The van der Waals surface area contributed by atoms with E-state index in [9.17, 15) is 19.7 Å². The smallest absolute Gasteiger partial charge is 0.338 e. The Bertz CT molecular complexity index is 948. The van der Waals surface area contributed by atoms with Gasteiger partial charge in [0, 0.05) is 6.07 Å². The Morgan fingerprint density at radius 1 is 1.09 bits per heavy atom. The predicted octanol–water partition coefficient (Wildman–Crippen LogP) is 4.83. The van der Waals surface area contributed by atoms with Crippen LogP contribution in [0.25, 0.3) is 0 Å². The number of hydrogen-bond donors (Lipinski definition) is 0. The summed E-state index contributed by atoms with van der Waals surface area (Å²) < 4.78 is 15.4. The predicted molar refractivity (Wildman–Crippen MR) is 121 cm³/mol.